The SMILES string of the molecule is CCCOc1nc(N)nc(NC2(CO)CCC(C)CC2)n1. The molecule has 1 aromatic rings. The number of aromatic nitrogens is 3. The van der Waals surface area contributed by atoms with Crippen LogP contribution in [0, 0.1) is 5.92 Å². The Labute approximate surface area is 125 Å². The van der Waals surface area contributed by atoms with Gasteiger partial charge in [0.2, 0.25) is 11.9 Å². The van der Waals surface area contributed by atoms with Crippen LogP contribution in [0.3, 0.4) is 0 Å². The minimum absolute atomic E-state index is 0.0520. The lowest BCUT2D eigenvalue weighted by atomic mass is 9.77. The van der Waals surface area contributed by atoms with E-state index in [0.29, 0.717) is 18.5 Å². The van der Waals surface area contributed by atoms with Gasteiger partial charge < -0.3 is 20.9 Å². The Kier molecular flexibility index (Phi) is 5.17. The number of aliphatic hydroxyl groups excluding tert-OH is 1. The second-order valence-corrected chi connectivity index (χ2v) is 5.89. The van der Waals surface area contributed by atoms with Crippen molar-refractivity contribution in [3.8, 4) is 6.01 Å². The second kappa shape index (κ2) is 6.89. The van der Waals surface area contributed by atoms with Gasteiger partial charge in [-0.3, -0.25) is 0 Å². The van der Waals surface area contributed by atoms with Crippen LogP contribution in [0.1, 0.15) is 46.0 Å². The zero-order chi connectivity index (χ0) is 15.3. The number of nitrogens with zero attached hydrogens (tertiary/aromatic N) is 3. The summed E-state index contributed by atoms with van der Waals surface area (Å²) in [7, 11) is 0. The first-order chi connectivity index (χ1) is 10.1. The quantitative estimate of drug-likeness (QED) is 0.731. The van der Waals surface area contributed by atoms with Gasteiger partial charge in [0.25, 0.3) is 0 Å². The Morgan fingerprint density at radius 3 is 2.67 bits per heavy atom. The molecule has 4 N–H and O–H groups in total. The number of hydrogen-bond donors (Lipinski definition) is 3. The third kappa shape index (κ3) is 4.17. The predicted molar refractivity (Wildman–Crippen MR) is 81.1 cm³/mol. The molecule has 0 aromatic carbocycles. The van der Waals surface area contributed by atoms with Crippen LogP contribution >= 0.6 is 0 Å². The maximum absolute atomic E-state index is 9.77. The summed E-state index contributed by atoms with van der Waals surface area (Å²) in [5, 5.41) is 13.0. The normalized spacial score (nSPS) is 25.6. The van der Waals surface area contributed by atoms with Crippen LogP contribution in [0.2, 0.25) is 0 Å². The predicted octanol–water partition coefficient (Wildman–Crippen LogP) is 1.60. The van der Waals surface area contributed by atoms with E-state index in [1.165, 1.54) is 0 Å². The monoisotopic (exact) mass is 295 g/mol. The van der Waals surface area contributed by atoms with E-state index in [1.54, 1.807) is 0 Å². The standard InChI is InChI=1S/C14H25N5O2/c1-3-8-21-13-17-11(15)16-12(18-13)19-14(9-20)6-4-10(2)5-7-14/h10,20H,3-9H2,1-2H3,(H3,15,16,17,18,19). The number of nitrogens with two attached hydrogens (primary N) is 1. The van der Waals surface area contributed by atoms with Crippen molar-refractivity contribution in [2.24, 2.45) is 5.92 Å². The summed E-state index contributed by atoms with van der Waals surface area (Å²) < 4.78 is 5.40. The molecule has 1 aromatic heterocycles. The topological polar surface area (TPSA) is 106 Å². The van der Waals surface area contributed by atoms with E-state index < -0.39 is 0 Å². The van der Waals surface area contributed by atoms with E-state index >= 15 is 0 Å². The van der Waals surface area contributed by atoms with Crippen LogP contribution in [0.5, 0.6) is 6.01 Å². The Hall–Kier alpha value is -1.63. The van der Waals surface area contributed by atoms with Crippen LogP contribution in [-0.2, 0) is 0 Å². The minimum atomic E-state index is -0.373. The molecular weight excluding hydrogens is 270 g/mol. The first-order valence-electron chi connectivity index (χ1n) is 7.60. The van der Waals surface area contributed by atoms with Crippen molar-refractivity contribution < 1.29 is 9.84 Å². The summed E-state index contributed by atoms with van der Waals surface area (Å²) in [6.07, 6.45) is 4.80. The number of nitrogens with one attached hydrogen (secondary N) is 1. The van der Waals surface area contributed by atoms with Crippen molar-refractivity contribution in [2.45, 2.75) is 51.5 Å². The van der Waals surface area contributed by atoms with E-state index in [1.807, 2.05) is 6.92 Å². The number of anilines is 2. The third-order valence-corrected chi connectivity index (χ3v) is 3.98. The molecule has 118 valence electrons. The molecule has 0 spiro atoms. The average molecular weight is 295 g/mol. The van der Waals surface area contributed by atoms with Gasteiger partial charge in [-0.2, -0.15) is 15.0 Å². The van der Waals surface area contributed by atoms with Gasteiger partial charge in [-0.25, -0.2) is 0 Å². The van der Waals surface area contributed by atoms with Gasteiger partial charge in [-0.05, 0) is 38.0 Å². The highest BCUT2D eigenvalue weighted by Gasteiger charge is 2.34. The van der Waals surface area contributed by atoms with Crippen LogP contribution < -0.4 is 15.8 Å². The summed E-state index contributed by atoms with van der Waals surface area (Å²) in [6, 6.07) is 0.226. The first-order valence-corrected chi connectivity index (χ1v) is 7.60. The van der Waals surface area contributed by atoms with Crippen LogP contribution in [0.4, 0.5) is 11.9 Å². The summed E-state index contributed by atoms with van der Waals surface area (Å²) in [6.45, 7) is 4.83. The molecular formula is C14H25N5O2. The fourth-order valence-corrected chi connectivity index (χ4v) is 2.56. The maximum atomic E-state index is 9.77. The van der Waals surface area contributed by atoms with Gasteiger partial charge in [0.1, 0.15) is 0 Å². The molecule has 0 unspecified atom stereocenters. The van der Waals surface area contributed by atoms with E-state index in [4.69, 9.17) is 10.5 Å². The van der Waals surface area contributed by atoms with Crippen molar-refractivity contribution in [1.82, 2.24) is 15.0 Å². The van der Waals surface area contributed by atoms with Crippen molar-refractivity contribution >= 4 is 11.9 Å². The highest BCUT2D eigenvalue weighted by molar-refractivity contribution is 5.36. The van der Waals surface area contributed by atoms with Crippen molar-refractivity contribution in [3.05, 3.63) is 0 Å². The van der Waals surface area contributed by atoms with Crippen LogP contribution in [0.15, 0.2) is 0 Å². The molecule has 1 aliphatic carbocycles. The van der Waals surface area contributed by atoms with Gasteiger partial charge in [0.15, 0.2) is 0 Å². The van der Waals surface area contributed by atoms with E-state index in [2.05, 4.69) is 27.2 Å². The molecule has 21 heavy (non-hydrogen) atoms. The van der Waals surface area contributed by atoms with Gasteiger partial charge in [0, 0.05) is 0 Å². The summed E-state index contributed by atoms with van der Waals surface area (Å²) in [5.74, 6) is 1.19. The van der Waals surface area contributed by atoms with Gasteiger partial charge in [0.05, 0.1) is 18.8 Å². The molecule has 0 saturated heterocycles. The van der Waals surface area contributed by atoms with Crippen molar-refractivity contribution in [1.29, 1.82) is 0 Å². The third-order valence-electron chi connectivity index (χ3n) is 3.98. The highest BCUT2D eigenvalue weighted by Crippen LogP contribution is 2.33. The molecule has 0 atom stereocenters. The molecule has 7 nitrogen and oxygen atoms in total. The lowest BCUT2D eigenvalue weighted by molar-refractivity contribution is 0.154. The average Bonchev–Trinajstić information content (AvgIpc) is 2.47. The summed E-state index contributed by atoms with van der Waals surface area (Å²) in [4.78, 5) is 12.3. The molecule has 0 amide bonds. The van der Waals surface area contributed by atoms with Crippen molar-refractivity contribution in [3.63, 3.8) is 0 Å². The lowest BCUT2D eigenvalue weighted by Crippen LogP contribution is -2.45. The number of rotatable bonds is 6. The minimum Gasteiger partial charge on any atom is -0.463 e. The highest BCUT2D eigenvalue weighted by atomic mass is 16.5. The fourth-order valence-electron chi connectivity index (χ4n) is 2.56. The Morgan fingerprint density at radius 2 is 2.05 bits per heavy atom. The largest absolute Gasteiger partial charge is 0.463 e. The molecule has 7 heteroatoms. The van der Waals surface area contributed by atoms with E-state index in [0.717, 1.165) is 32.1 Å². The van der Waals surface area contributed by atoms with Gasteiger partial charge in [-0.1, -0.05) is 13.8 Å². The van der Waals surface area contributed by atoms with E-state index in [9.17, 15) is 5.11 Å². The zero-order valence-corrected chi connectivity index (χ0v) is 12.8. The van der Waals surface area contributed by atoms with Gasteiger partial charge in [-0.15, -0.1) is 0 Å². The van der Waals surface area contributed by atoms with Crippen LogP contribution in [-0.4, -0.2) is 38.8 Å². The number of aliphatic hydroxyl groups is 1. The van der Waals surface area contributed by atoms with Gasteiger partial charge >= 0.3 is 6.01 Å². The Bertz CT molecular complexity index is 461. The van der Waals surface area contributed by atoms with Crippen LogP contribution in [0.25, 0.3) is 0 Å². The summed E-state index contributed by atoms with van der Waals surface area (Å²) >= 11 is 0. The number of nitrogen functional groups attached to an aromatic ring is 1. The summed E-state index contributed by atoms with van der Waals surface area (Å²) in [5.41, 5.74) is 5.33. The lowest BCUT2D eigenvalue weighted by Gasteiger charge is -2.38. The Balaban J connectivity index is 2.11. The zero-order valence-electron chi connectivity index (χ0n) is 12.8. The fraction of sp³-hybridized carbons (Fsp3) is 0.786. The molecule has 1 saturated carbocycles. The Morgan fingerprint density at radius 1 is 1.33 bits per heavy atom. The molecule has 1 heterocycles. The first kappa shape index (κ1) is 15.8. The molecule has 1 aliphatic rings. The smallest absolute Gasteiger partial charge is 0.323 e. The van der Waals surface area contributed by atoms with Crippen molar-refractivity contribution in [2.75, 3.05) is 24.3 Å². The molecule has 1 fully saturated rings. The molecule has 2 rings (SSSR count). The number of hydrogen-bond acceptors (Lipinski definition) is 7. The second-order valence-electron chi connectivity index (χ2n) is 5.89. The molecule has 0 aliphatic heterocycles. The molecule has 0 bridgehead atoms. The maximum Gasteiger partial charge on any atom is 0.323 e. The molecule has 0 radical (unpaired) electrons. The van der Waals surface area contributed by atoms with E-state index in [-0.39, 0.29) is 24.1 Å². The number of ether oxygens (including phenoxy) is 1.